The van der Waals surface area contributed by atoms with E-state index in [0.29, 0.717) is 18.5 Å². The second-order valence-corrected chi connectivity index (χ2v) is 8.72. The van der Waals surface area contributed by atoms with Gasteiger partial charge in [0.25, 0.3) is 11.2 Å². The number of Topliss-reactive ketones (excluding diaryl/α,β-unsaturated/α-hetero) is 2. The highest BCUT2D eigenvalue weighted by atomic mass is 16.5. The summed E-state index contributed by atoms with van der Waals surface area (Å²) < 4.78 is 0. The minimum atomic E-state index is -3.95. The van der Waals surface area contributed by atoms with Crippen LogP contribution in [0.15, 0.2) is 60.7 Å². The van der Waals surface area contributed by atoms with Crippen LogP contribution in [0.25, 0.3) is 0 Å². The first kappa shape index (κ1) is 27.5. The Balaban J connectivity index is 0.000000284. The molecule has 6 N–H and O–H groups in total. The molecule has 2 aromatic rings. The molecule has 2 unspecified atom stereocenters. The first-order chi connectivity index (χ1) is 17.4. The van der Waals surface area contributed by atoms with Crippen molar-refractivity contribution < 1.29 is 49.5 Å². The third-order valence-electron chi connectivity index (χ3n) is 6.50. The molecule has 37 heavy (non-hydrogen) atoms. The van der Waals surface area contributed by atoms with Crippen molar-refractivity contribution >= 4 is 29.6 Å². The van der Waals surface area contributed by atoms with E-state index in [-0.39, 0.29) is 0 Å². The molecule has 12 heteroatoms. The van der Waals surface area contributed by atoms with Crippen molar-refractivity contribution in [2.45, 2.75) is 23.7 Å². The van der Waals surface area contributed by atoms with E-state index in [0.717, 1.165) is 43.8 Å². The molecule has 2 aromatic carbocycles. The zero-order valence-electron chi connectivity index (χ0n) is 19.5. The number of carboxylic acid groups (broad SMARTS) is 3. The number of aliphatic hydroxyl groups is 2. The SMILES string of the molecule is O=C(O)C(O)(C(=O)c1ccccc1)C(O)(C(=O)O)C(=O)c1ccccc1.O=C(O)N1C[C@H]2CCN[C@H]2C1. The first-order valence-corrected chi connectivity index (χ1v) is 11.3. The van der Waals surface area contributed by atoms with Gasteiger partial charge in [-0.2, -0.15) is 0 Å². The third kappa shape index (κ3) is 5.07. The molecule has 4 rings (SSSR count). The van der Waals surface area contributed by atoms with Gasteiger partial charge in [-0.05, 0) is 18.9 Å². The highest BCUT2D eigenvalue weighted by Crippen LogP contribution is 2.31. The molecule has 0 aromatic heterocycles. The molecule has 2 saturated heterocycles. The van der Waals surface area contributed by atoms with E-state index in [2.05, 4.69) is 5.32 Å². The normalized spacial score (nSPS) is 21.4. The number of carboxylic acids is 2. The Labute approximate surface area is 210 Å². The molecule has 0 saturated carbocycles. The molecule has 2 aliphatic heterocycles. The molecule has 4 atom stereocenters. The van der Waals surface area contributed by atoms with Gasteiger partial charge in [-0.25, -0.2) is 14.4 Å². The number of nitrogens with one attached hydrogen (secondary N) is 1. The molecule has 0 radical (unpaired) electrons. The molecule has 1 amide bonds. The number of amides is 1. The van der Waals surface area contributed by atoms with Gasteiger partial charge in [-0.3, -0.25) is 9.59 Å². The fourth-order valence-electron chi connectivity index (χ4n) is 4.43. The maximum absolute atomic E-state index is 12.6. The van der Waals surface area contributed by atoms with E-state index < -0.39 is 51.9 Å². The molecule has 2 heterocycles. The zero-order chi connectivity index (χ0) is 27.4. The Hall–Kier alpha value is -4.13. The van der Waals surface area contributed by atoms with Gasteiger partial charge in [0.2, 0.25) is 11.6 Å². The molecule has 196 valence electrons. The van der Waals surface area contributed by atoms with Crippen molar-refractivity contribution in [3.05, 3.63) is 71.8 Å². The lowest BCUT2D eigenvalue weighted by Crippen LogP contribution is -2.71. The molecular formula is C25H26N2O10. The molecule has 2 fully saturated rings. The van der Waals surface area contributed by atoms with Gasteiger partial charge < -0.3 is 35.7 Å². The van der Waals surface area contributed by atoms with Gasteiger partial charge in [0, 0.05) is 30.3 Å². The number of nitrogens with zero attached hydrogens (tertiary/aromatic N) is 1. The van der Waals surface area contributed by atoms with Crippen LogP contribution in [-0.2, 0) is 9.59 Å². The molecule has 0 aliphatic carbocycles. The minimum absolute atomic E-state index is 0.391. The summed E-state index contributed by atoms with van der Waals surface area (Å²) in [5.41, 5.74) is -8.68. The van der Waals surface area contributed by atoms with E-state index in [4.69, 9.17) is 5.11 Å². The Morgan fingerprint density at radius 1 is 0.730 bits per heavy atom. The monoisotopic (exact) mass is 514 g/mol. The van der Waals surface area contributed by atoms with Gasteiger partial charge in [-0.15, -0.1) is 0 Å². The number of hydrogen-bond acceptors (Lipinski definition) is 8. The van der Waals surface area contributed by atoms with Crippen LogP contribution in [0.4, 0.5) is 4.79 Å². The van der Waals surface area contributed by atoms with E-state index in [1.54, 1.807) is 0 Å². The van der Waals surface area contributed by atoms with E-state index in [1.807, 2.05) is 0 Å². The van der Waals surface area contributed by atoms with Gasteiger partial charge in [0.05, 0.1) is 0 Å². The fraction of sp³-hybridized carbons (Fsp3) is 0.320. The molecule has 2 aliphatic rings. The van der Waals surface area contributed by atoms with Crippen LogP contribution >= 0.6 is 0 Å². The Bertz CT molecular complexity index is 1100. The average molecular weight is 514 g/mol. The Morgan fingerprint density at radius 3 is 1.51 bits per heavy atom. The van der Waals surface area contributed by atoms with Gasteiger partial charge in [0.15, 0.2) is 0 Å². The number of fused-ring (bicyclic) bond motifs is 1. The van der Waals surface area contributed by atoms with Crippen molar-refractivity contribution in [2.24, 2.45) is 5.92 Å². The number of aliphatic carboxylic acids is 2. The summed E-state index contributed by atoms with van der Waals surface area (Å²) in [5, 5.41) is 51.8. The molecular weight excluding hydrogens is 488 g/mol. The summed E-state index contributed by atoms with van der Waals surface area (Å²) in [4.78, 5) is 60.6. The van der Waals surface area contributed by atoms with Crippen LogP contribution in [0.5, 0.6) is 0 Å². The molecule has 12 nitrogen and oxygen atoms in total. The van der Waals surface area contributed by atoms with Gasteiger partial charge in [0.1, 0.15) is 0 Å². The number of carbonyl (C=O) groups excluding carboxylic acids is 2. The largest absolute Gasteiger partial charge is 0.479 e. The summed E-state index contributed by atoms with van der Waals surface area (Å²) in [6, 6.07) is 13.3. The summed E-state index contributed by atoms with van der Waals surface area (Å²) >= 11 is 0. The number of benzene rings is 2. The maximum Gasteiger partial charge on any atom is 0.407 e. The van der Waals surface area contributed by atoms with Gasteiger partial charge >= 0.3 is 18.0 Å². The van der Waals surface area contributed by atoms with Crippen LogP contribution in [0.1, 0.15) is 27.1 Å². The van der Waals surface area contributed by atoms with Crippen molar-refractivity contribution in [3.8, 4) is 0 Å². The fourth-order valence-corrected chi connectivity index (χ4v) is 4.43. The second-order valence-electron chi connectivity index (χ2n) is 8.72. The molecule has 0 spiro atoms. The van der Waals surface area contributed by atoms with E-state index >= 15 is 0 Å². The zero-order valence-corrected chi connectivity index (χ0v) is 19.5. The first-order valence-electron chi connectivity index (χ1n) is 11.3. The Morgan fingerprint density at radius 2 is 1.16 bits per heavy atom. The van der Waals surface area contributed by atoms with Crippen LogP contribution in [0.2, 0.25) is 0 Å². The van der Waals surface area contributed by atoms with Crippen molar-refractivity contribution in [2.75, 3.05) is 19.6 Å². The standard InChI is InChI=1S/C18H14O8.C7H12N2O2/c19-13(11-7-3-1-4-8-11)17(25,15(21)22)18(26,16(23)24)14(20)12-9-5-2-6-10-12;10-7(11)9-3-5-1-2-8-6(5)4-9/h1-10,25-26H,(H,21,22)(H,23,24);5-6,8H,1-4H2,(H,10,11)/t;5-,6+/m.1/s1. The average Bonchev–Trinajstić information content (AvgIpc) is 3.51. The third-order valence-corrected chi connectivity index (χ3v) is 6.50. The summed E-state index contributed by atoms with van der Waals surface area (Å²) in [6.45, 7) is 2.47. The quantitative estimate of drug-likeness (QED) is 0.220. The highest BCUT2D eigenvalue weighted by Gasteiger charge is 2.69. The summed E-state index contributed by atoms with van der Waals surface area (Å²) in [7, 11) is 0. The smallest absolute Gasteiger partial charge is 0.407 e. The number of hydrogen-bond donors (Lipinski definition) is 6. The predicted molar refractivity (Wildman–Crippen MR) is 126 cm³/mol. The number of carbonyl (C=O) groups is 5. The van der Waals surface area contributed by atoms with Crippen LogP contribution < -0.4 is 5.32 Å². The van der Waals surface area contributed by atoms with Crippen LogP contribution in [-0.4, -0.2) is 96.9 Å². The Kier molecular flexibility index (Phi) is 8.06. The number of rotatable bonds is 7. The second kappa shape index (κ2) is 10.9. The van der Waals surface area contributed by atoms with Crippen LogP contribution in [0.3, 0.4) is 0 Å². The minimum Gasteiger partial charge on any atom is -0.479 e. The van der Waals surface area contributed by atoms with Gasteiger partial charge in [-0.1, -0.05) is 60.7 Å². The lowest BCUT2D eigenvalue weighted by molar-refractivity contribution is -0.187. The number of likely N-dealkylation sites (tertiary alicyclic amines) is 1. The summed E-state index contributed by atoms with van der Waals surface area (Å²) in [5.74, 6) is -7.45. The van der Waals surface area contributed by atoms with Crippen molar-refractivity contribution in [3.63, 3.8) is 0 Å². The van der Waals surface area contributed by atoms with E-state index in [1.165, 1.54) is 41.3 Å². The lowest BCUT2D eigenvalue weighted by Gasteiger charge is -2.34. The van der Waals surface area contributed by atoms with Crippen LogP contribution in [0, 0.1) is 5.92 Å². The van der Waals surface area contributed by atoms with Crippen molar-refractivity contribution in [1.82, 2.24) is 10.2 Å². The molecule has 0 bridgehead atoms. The maximum atomic E-state index is 12.6. The van der Waals surface area contributed by atoms with E-state index in [9.17, 15) is 44.4 Å². The predicted octanol–water partition coefficient (Wildman–Crippen LogP) is 0.342. The summed E-state index contributed by atoms with van der Waals surface area (Å²) in [6.07, 6.45) is 0.357. The van der Waals surface area contributed by atoms with Crippen molar-refractivity contribution in [1.29, 1.82) is 0 Å². The lowest BCUT2D eigenvalue weighted by atomic mass is 9.73. The topological polar surface area (TPSA) is 202 Å². The highest BCUT2D eigenvalue weighted by molar-refractivity contribution is 6.28. The number of ketones is 2.